The number of aromatic nitrogens is 2. The van der Waals surface area contributed by atoms with Crippen LogP contribution in [0.2, 0.25) is 0 Å². The number of methoxy groups -OCH3 is 3. The summed E-state index contributed by atoms with van der Waals surface area (Å²) < 4.78 is 16.0. The summed E-state index contributed by atoms with van der Waals surface area (Å²) in [6.07, 6.45) is 5.72. The largest absolute Gasteiger partial charge is 0.493 e. The van der Waals surface area contributed by atoms with Crippen LogP contribution >= 0.6 is 0 Å². The van der Waals surface area contributed by atoms with Crippen molar-refractivity contribution in [2.75, 3.05) is 26.6 Å². The fourth-order valence-electron chi connectivity index (χ4n) is 3.18. The third-order valence-electron chi connectivity index (χ3n) is 4.53. The number of nitrogens with zero attached hydrogens (tertiary/aromatic N) is 2. The number of benzene rings is 1. The lowest BCUT2D eigenvalue weighted by molar-refractivity contribution is 0.0932. The second-order valence-corrected chi connectivity index (χ2v) is 6.28. The Morgan fingerprint density at radius 3 is 2.26 bits per heavy atom. The van der Waals surface area contributed by atoms with E-state index in [4.69, 9.17) is 14.2 Å². The average molecular weight is 372 g/mol. The van der Waals surface area contributed by atoms with Crippen molar-refractivity contribution in [1.29, 1.82) is 0 Å². The molecule has 3 rings (SSSR count). The number of ether oxygens (including phenoxy) is 3. The van der Waals surface area contributed by atoms with Crippen molar-refractivity contribution >= 4 is 17.4 Å². The van der Waals surface area contributed by atoms with Gasteiger partial charge in [0.05, 0.1) is 21.3 Å². The highest BCUT2D eigenvalue weighted by Crippen LogP contribution is 2.40. The Hall–Kier alpha value is -3.03. The summed E-state index contributed by atoms with van der Waals surface area (Å²) in [6.45, 7) is 0. The van der Waals surface area contributed by atoms with E-state index < -0.39 is 0 Å². The van der Waals surface area contributed by atoms with Crippen LogP contribution in [0, 0.1) is 0 Å². The molecule has 1 aliphatic rings. The van der Waals surface area contributed by atoms with Crippen molar-refractivity contribution in [3.63, 3.8) is 0 Å². The lowest BCUT2D eigenvalue weighted by Gasteiger charge is -2.15. The number of hydrogen-bond acceptors (Lipinski definition) is 7. The number of anilines is 2. The number of nitrogens with one attached hydrogen (secondary N) is 2. The van der Waals surface area contributed by atoms with Crippen molar-refractivity contribution in [1.82, 2.24) is 15.3 Å². The fourth-order valence-corrected chi connectivity index (χ4v) is 3.18. The van der Waals surface area contributed by atoms with E-state index in [9.17, 15) is 4.79 Å². The molecule has 1 amide bonds. The Kier molecular flexibility index (Phi) is 5.95. The van der Waals surface area contributed by atoms with E-state index in [2.05, 4.69) is 20.6 Å². The van der Waals surface area contributed by atoms with E-state index in [0.29, 0.717) is 34.4 Å². The number of rotatable bonds is 7. The first-order valence-electron chi connectivity index (χ1n) is 8.84. The minimum Gasteiger partial charge on any atom is -0.493 e. The minimum atomic E-state index is -0.183. The molecule has 1 aromatic heterocycles. The van der Waals surface area contributed by atoms with Gasteiger partial charge in [-0.2, -0.15) is 0 Å². The van der Waals surface area contributed by atoms with Gasteiger partial charge in [-0.25, -0.2) is 9.97 Å². The summed E-state index contributed by atoms with van der Waals surface area (Å²) >= 11 is 0. The number of amides is 1. The standard InChI is InChI=1S/C19H24N4O4/c1-25-15-8-13(9-16(26-2)18(15)27-3)22-17-10-14(20-11-21-17)19(24)23-12-6-4-5-7-12/h8-12H,4-7H2,1-3H3,(H,23,24)(H,20,21,22). The van der Waals surface area contributed by atoms with Gasteiger partial charge in [-0.1, -0.05) is 12.8 Å². The molecule has 0 saturated heterocycles. The molecule has 0 aliphatic heterocycles. The van der Waals surface area contributed by atoms with Gasteiger partial charge in [-0.15, -0.1) is 0 Å². The van der Waals surface area contributed by atoms with E-state index in [0.717, 1.165) is 25.7 Å². The van der Waals surface area contributed by atoms with Crippen molar-refractivity contribution in [2.45, 2.75) is 31.7 Å². The third kappa shape index (κ3) is 4.39. The van der Waals surface area contributed by atoms with Gasteiger partial charge < -0.3 is 24.8 Å². The van der Waals surface area contributed by atoms with E-state index in [1.54, 1.807) is 39.5 Å². The molecule has 0 bridgehead atoms. The first-order chi connectivity index (χ1) is 13.1. The van der Waals surface area contributed by atoms with Crippen LogP contribution in [-0.2, 0) is 0 Å². The maximum absolute atomic E-state index is 12.4. The van der Waals surface area contributed by atoms with Gasteiger partial charge in [0.1, 0.15) is 17.8 Å². The molecule has 0 unspecified atom stereocenters. The highest BCUT2D eigenvalue weighted by atomic mass is 16.5. The van der Waals surface area contributed by atoms with E-state index in [-0.39, 0.29) is 11.9 Å². The molecule has 1 aromatic carbocycles. The van der Waals surface area contributed by atoms with Gasteiger partial charge in [-0.3, -0.25) is 4.79 Å². The molecule has 27 heavy (non-hydrogen) atoms. The molecule has 0 atom stereocenters. The molecule has 1 fully saturated rings. The van der Waals surface area contributed by atoms with Crippen LogP contribution in [0.4, 0.5) is 11.5 Å². The maximum atomic E-state index is 12.4. The molecule has 8 heteroatoms. The van der Waals surface area contributed by atoms with Crippen LogP contribution < -0.4 is 24.8 Å². The minimum absolute atomic E-state index is 0.183. The van der Waals surface area contributed by atoms with Gasteiger partial charge in [-0.05, 0) is 12.8 Å². The Labute approximate surface area is 158 Å². The zero-order valence-electron chi connectivity index (χ0n) is 15.7. The average Bonchev–Trinajstić information content (AvgIpc) is 3.20. The Bertz CT molecular complexity index is 781. The lowest BCUT2D eigenvalue weighted by atomic mass is 10.2. The Balaban J connectivity index is 1.78. The monoisotopic (exact) mass is 372 g/mol. The summed E-state index contributed by atoms with van der Waals surface area (Å²) in [6, 6.07) is 5.38. The Morgan fingerprint density at radius 1 is 1.00 bits per heavy atom. The fraction of sp³-hybridized carbons (Fsp3) is 0.421. The van der Waals surface area contributed by atoms with Crippen LogP contribution in [0.5, 0.6) is 17.2 Å². The number of carbonyl (C=O) groups excluding carboxylic acids is 1. The van der Waals surface area contributed by atoms with Crippen LogP contribution in [0.1, 0.15) is 36.2 Å². The van der Waals surface area contributed by atoms with Gasteiger partial charge in [0.2, 0.25) is 5.75 Å². The SMILES string of the molecule is COc1cc(Nc2cc(C(=O)NC3CCCC3)ncn2)cc(OC)c1OC. The van der Waals surface area contributed by atoms with Crippen LogP contribution in [0.3, 0.4) is 0 Å². The van der Waals surface area contributed by atoms with Crippen LogP contribution in [0.25, 0.3) is 0 Å². The summed E-state index contributed by atoms with van der Waals surface area (Å²) in [4.78, 5) is 20.7. The molecule has 1 heterocycles. The second kappa shape index (κ2) is 8.57. The van der Waals surface area contributed by atoms with E-state index >= 15 is 0 Å². The Morgan fingerprint density at radius 2 is 1.67 bits per heavy atom. The van der Waals surface area contributed by atoms with Crippen LogP contribution in [-0.4, -0.2) is 43.2 Å². The quantitative estimate of drug-likeness (QED) is 0.771. The smallest absolute Gasteiger partial charge is 0.270 e. The van der Waals surface area contributed by atoms with Crippen molar-refractivity contribution in [3.05, 3.63) is 30.2 Å². The van der Waals surface area contributed by atoms with Gasteiger partial charge in [0.15, 0.2) is 11.5 Å². The molecule has 0 radical (unpaired) electrons. The van der Waals surface area contributed by atoms with Crippen LogP contribution in [0.15, 0.2) is 24.5 Å². The highest BCUT2D eigenvalue weighted by molar-refractivity contribution is 5.93. The first kappa shape index (κ1) is 18.8. The highest BCUT2D eigenvalue weighted by Gasteiger charge is 2.19. The summed E-state index contributed by atoms with van der Waals surface area (Å²) in [5, 5.41) is 6.17. The molecular formula is C19H24N4O4. The molecule has 0 spiro atoms. The van der Waals surface area contributed by atoms with Crippen molar-refractivity contribution in [3.8, 4) is 17.2 Å². The van der Waals surface area contributed by atoms with Crippen molar-refractivity contribution < 1.29 is 19.0 Å². The molecule has 1 aliphatic carbocycles. The third-order valence-corrected chi connectivity index (χ3v) is 4.53. The number of hydrogen-bond donors (Lipinski definition) is 2. The summed E-state index contributed by atoms with van der Waals surface area (Å²) in [5.41, 5.74) is 1.01. The van der Waals surface area contributed by atoms with Gasteiger partial charge >= 0.3 is 0 Å². The topological polar surface area (TPSA) is 94.6 Å². The second-order valence-electron chi connectivity index (χ2n) is 6.28. The molecule has 2 aromatic rings. The zero-order chi connectivity index (χ0) is 19.2. The van der Waals surface area contributed by atoms with E-state index in [1.807, 2.05) is 0 Å². The molecule has 1 saturated carbocycles. The zero-order valence-corrected chi connectivity index (χ0v) is 15.7. The predicted octanol–water partition coefficient (Wildman–Crippen LogP) is 2.92. The molecule has 144 valence electrons. The lowest BCUT2D eigenvalue weighted by Crippen LogP contribution is -2.33. The summed E-state index contributed by atoms with van der Waals surface area (Å²) in [7, 11) is 4.65. The predicted molar refractivity (Wildman–Crippen MR) is 101 cm³/mol. The normalized spacial score (nSPS) is 13.9. The van der Waals surface area contributed by atoms with Gasteiger partial charge in [0.25, 0.3) is 5.91 Å². The van der Waals surface area contributed by atoms with E-state index in [1.165, 1.54) is 6.33 Å². The molecule has 2 N–H and O–H groups in total. The first-order valence-corrected chi connectivity index (χ1v) is 8.84. The maximum Gasteiger partial charge on any atom is 0.270 e. The van der Waals surface area contributed by atoms with Gasteiger partial charge in [0, 0.05) is 29.9 Å². The number of carbonyl (C=O) groups is 1. The molecular weight excluding hydrogens is 348 g/mol. The summed E-state index contributed by atoms with van der Waals surface area (Å²) in [5.74, 6) is 1.86. The van der Waals surface area contributed by atoms with Crippen molar-refractivity contribution in [2.24, 2.45) is 0 Å². The molecule has 8 nitrogen and oxygen atoms in total.